The van der Waals surface area contributed by atoms with Crippen LogP contribution in [-0.2, 0) is 0 Å². The Bertz CT molecular complexity index is 499. The molecule has 1 rings (SSSR count). The van der Waals surface area contributed by atoms with Gasteiger partial charge in [0.15, 0.2) is 5.76 Å². The lowest BCUT2D eigenvalue weighted by atomic mass is 10.2. The van der Waals surface area contributed by atoms with Crippen molar-refractivity contribution in [1.82, 2.24) is 4.90 Å². The zero-order valence-electron chi connectivity index (χ0n) is 10.9. The molecule has 0 saturated heterocycles. The van der Waals surface area contributed by atoms with Gasteiger partial charge in [0.2, 0.25) is 5.76 Å². The average Bonchev–Trinajstić information content (AvgIpc) is 2.82. The lowest BCUT2D eigenvalue weighted by Crippen LogP contribution is -2.34. The molecule has 0 aliphatic carbocycles. The fraction of sp³-hybridized carbons (Fsp3) is 0.462. The molecule has 19 heavy (non-hydrogen) atoms. The second-order valence-corrected chi connectivity index (χ2v) is 4.52. The minimum atomic E-state index is -1.22. The number of carboxylic acid groups (broad SMARTS) is 1. The monoisotopic (exact) mass is 264 g/mol. The lowest BCUT2D eigenvalue weighted by Gasteiger charge is -2.22. The fourth-order valence-electron chi connectivity index (χ4n) is 1.63. The van der Waals surface area contributed by atoms with Gasteiger partial charge >= 0.3 is 5.97 Å². The predicted octanol–water partition coefficient (Wildman–Crippen LogP) is 1.99. The standard InChI is InChI=1S/C13H16N2O4/c1-9(2)8-15(7-3-6-14)12(16)10-4-5-11(19-10)13(17)18/h4-5,9H,3,7-8H2,1-2H3,(H,17,18). The van der Waals surface area contributed by atoms with Crippen molar-refractivity contribution in [3.05, 3.63) is 23.7 Å². The van der Waals surface area contributed by atoms with Gasteiger partial charge < -0.3 is 14.4 Å². The van der Waals surface area contributed by atoms with Crippen LogP contribution in [0.25, 0.3) is 0 Å². The molecule has 102 valence electrons. The molecule has 1 N–H and O–H groups in total. The van der Waals surface area contributed by atoms with E-state index in [-0.39, 0.29) is 23.9 Å². The van der Waals surface area contributed by atoms with Gasteiger partial charge in [0, 0.05) is 13.1 Å². The van der Waals surface area contributed by atoms with Crippen LogP contribution < -0.4 is 0 Å². The summed E-state index contributed by atoms with van der Waals surface area (Å²) in [4.78, 5) is 24.3. The van der Waals surface area contributed by atoms with Crippen molar-refractivity contribution in [2.75, 3.05) is 13.1 Å². The van der Waals surface area contributed by atoms with Crippen molar-refractivity contribution < 1.29 is 19.1 Å². The molecule has 1 aromatic rings. The van der Waals surface area contributed by atoms with Gasteiger partial charge in [-0.05, 0) is 18.1 Å². The summed E-state index contributed by atoms with van der Waals surface area (Å²) in [5.41, 5.74) is 0. The Morgan fingerprint density at radius 1 is 1.42 bits per heavy atom. The largest absolute Gasteiger partial charge is 0.475 e. The number of nitriles is 1. The minimum Gasteiger partial charge on any atom is -0.475 e. The molecule has 0 aromatic carbocycles. The Labute approximate surface area is 111 Å². The molecule has 0 atom stereocenters. The Kier molecular flexibility index (Phi) is 5.12. The summed E-state index contributed by atoms with van der Waals surface area (Å²) in [6.45, 7) is 4.70. The number of carbonyl (C=O) groups excluding carboxylic acids is 1. The number of carbonyl (C=O) groups is 2. The summed E-state index contributed by atoms with van der Waals surface area (Å²) in [7, 11) is 0. The molecule has 1 amide bonds. The number of nitrogens with zero attached hydrogens (tertiary/aromatic N) is 2. The summed E-state index contributed by atoms with van der Waals surface area (Å²) in [5, 5.41) is 17.3. The molecule has 0 bridgehead atoms. The number of rotatable bonds is 6. The molecular weight excluding hydrogens is 248 g/mol. The highest BCUT2D eigenvalue weighted by atomic mass is 16.4. The summed E-state index contributed by atoms with van der Waals surface area (Å²) >= 11 is 0. The first-order chi connectivity index (χ1) is 8.95. The maximum atomic E-state index is 12.2. The zero-order valence-corrected chi connectivity index (χ0v) is 10.9. The third-order valence-electron chi connectivity index (χ3n) is 2.39. The number of hydrogen-bond acceptors (Lipinski definition) is 4. The predicted molar refractivity (Wildman–Crippen MR) is 66.6 cm³/mol. The number of furan rings is 1. The number of aromatic carboxylic acids is 1. The fourth-order valence-corrected chi connectivity index (χ4v) is 1.63. The van der Waals surface area contributed by atoms with Gasteiger partial charge in [0.05, 0.1) is 12.5 Å². The van der Waals surface area contributed by atoms with E-state index >= 15 is 0 Å². The van der Waals surface area contributed by atoms with Crippen molar-refractivity contribution in [1.29, 1.82) is 5.26 Å². The smallest absolute Gasteiger partial charge is 0.371 e. The van der Waals surface area contributed by atoms with E-state index in [2.05, 4.69) is 0 Å². The van der Waals surface area contributed by atoms with E-state index in [1.54, 1.807) is 0 Å². The first-order valence-corrected chi connectivity index (χ1v) is 5.95. The Morgan fingerprint density at radius 3 is 2.53 bits per heavy atom. The molecule has 0 fully saturated rings. The van der Waals surface area contributed by atoms with Crippen LogP contribution in [0.2, 0.25) is 0 Å². The second kappa shape index (κ2) is 6.59. The van der Waals surface area contributed by atoms with E-state index in [9.17, 15) is 9.59 Å². The van der Waals surface area contributed by atoms with Gasteiger partial charge in [-0.2, -0.15) is 5.26 Å². The van der Waals surface area contributed by atoms with E-state index in [4.69, 9.17) is 14.8 Å². The summed E-state index contributed by atoms with van der Waals surface area (Å²) in [6.07, 6.45) is 0.227. The molecular formula is C13H16N2O4. The van der Waals surface area contributed by atoms with Crippen molar-refractivity contribution in [2.24, 2.45) is 5.92 Å². The van der Waals surface area contributed by atoms with Crippen LogP contribution in [0.5, 0.6) is 0 Å². The number of amides is 1. The molecule has 1 aromatic heterocycles. The third-order valence-corrected chi connectivity index (χ3v) is 2.39. The Balaban J connectivity index is 2.85. The van der Waals surface area contributed by atoms with Gasteiger partial charge in [-0.15, -0.1) is 0 Å². The van der Waals surface area contributed by atoms with Gasteiger partial charge in [0.25, 0.3) is 5.91 Å². The van der Waals surface area contributed by atoms with E-state index < -0.39 is 11.9 Å². The third kappa shape index (κ3) is 4.14. The molecule has 0 unspecified atom stereocenters. The normalized spacial score (nSPS) is 10.2. The second-order valence-electron chi connectivity index (χ2n) is 4.52. The van der Waals surface area contributed by atoms with Gasteiger partial charge in [-0.1, -0.05) is 13.8 Å². The van der Waals surface area contributed by atoms with E-state index in [0.717, 1.165) is 0 Å². The van der Waals surface area contributed by atoms with Crippen LogP contribution in [-0.4, -0.2) is 35.0 Å². The molecule has 6 nitrogen and oxygen atoms in total. The van der Waals surface area contributed by atoms with Crippen LogP contribution in [0.3, 0.4) is 0 Å². The molecule has 6 heteroatoms. The maximum absolute atomic E-state index is 12.2. The molecule has 1 heterocycles. The number of carboxylic acids is 1. The maximum Gasteiger partial charge on any atom is 0.371 e. The molecule has 0 spiro atoms. The van der Waals surface area contributed by atoms with Crippen LogP contribution in [0.15, 0.2) is 16.5 Å². The first-order valence-electron chi connectivity index (χ1n) is 5.95. The zero-order chi connectivity index (χ0) is 14.4. The van der Waals surface area contributed by atoms with Crippen molar-refractivity contribution >= 4 is 11.9 Å². The topological polar surface area (TPSA) is 94.5 Å². The molecule has 0 aliphatic heterocycles. The SMILES string of the molecule is CC(C)CN(CCC#N)C(=O)c1ccc(C(=O)O)o1. The summed E-state index contributed by atoms with van der Waals surface area (Å²) in [5.74, 6) is -1.65. The summed E-state index contributed by atoms with van der Waals surface area (Å²) < 4.78 is 4.98. The first kappa shape index (κ1) is 14.8. The van der Waals surface area contributed by atoms with Gasteiger partial charge in [-0.3, -0.25) is 4.79 Å². The highest BCUT2D eigenvalue weighted by Gasteiger charge is 2.21. The highest BCUT2D eigenvalue weighted by Crippen LogP contribution is 2.12. The van der Waals surface area contributed by atoms with Crippen molar-refractivity contribution in [3.63, 3.8) is 0 Å². The quantitative estimate of drug-likeness (QED) is 0.847. The van der Waals surface area contributed by atoms with Crippen LogP contribution >= 0.6 is 0 Å². The number of hydrogen-bond donors (Lipinski definition) is 1. The van der Waals surface area contributed by atoms with Gasteiger partial charge in [0.1, 0.15) is 0 Å². The average molecular weight is 264 g/mol. The van der Waals surface area contributed by atoms with Crippen LogP contribution in [0.1, 0.15) is 41.4 Å². The minimum absolute atomic E-state index is 0.0176. The lowest BCUT2D eigenvalue weighted by molar-refractivity contribution is 0.0646. The Hall–Kier alpha value is -2.29. The van der Waals surface area contributed by atoms with E-state index in [1.165, 1.54) is 17.0 Å². The molecule has 0 aliphatic rings. The van der Waals surface area contributed by atoms with Crippen LogP contribution in [0, 0.1) is 17.2 Å². The summed E-state index contributed by atoms with van der Waals surface area (Å²) in [6, 6.07) is 4.56. The Morgan fingerprint density at radius 2 is 2.05 bits per heavy atom. The van der Waals surface area contributed by atoms with Crippen molar-refractivity contribution in [2.45, 2.75) is 20.3 Å². The van der Waals surface area contributed by atoms with Gasteiger partial charge in [-0.25, -0.2) is 4.79 Å². The van der Waals surface area contributed by atoms with E-state index in [0.29, 0.717) is 13.1 Å². The van der Waals surface area contributed by atoms with Crippen molar-refractivity contribution in [3.8, 4) is 6.07 Å². The highest BCUT2D eigenvalue weighted by molar-refractivity contribution is 5.93. The molecule has 0 radical (unpaired) electrons. The molecule has 0 saturated carbocycles. The van der Waals surface area contributed by atoms with Crippen LogP contribution in [0.4, 0.5) is 0 Å². The van der Waals surface area contributed by atoms with E-state index in [1.807, 2.05) is 19.9 Å².